The van der Waals surface area contributed by atoms with Crippen LogP contribution in [0.4, 0.5) is 4.39 Å². The van der Waals surface area contributed by atoms with Gasteiger partial charge in [0.2, 0.25) is 0 Å². The molecule has 5 heteroatoms. The van der Waals surface area contributed by atoms with E-state index in [0.29, 0.717) is 17.8 Å². The second-order valence-corrected chi connectivity index (χ2v) is 5.02. The van der Waals surface area contributed by atoms with Gasteiger partial charge in [-0.1, -0.05) is 41.6 Å². The molecule has 0 unspecified atom stereocenters. The summed E-state index contributed by atoms with van der Waals surface area (Å²) >= 11 is 0. The van der Waals surface area contributed by atoms with Crippen LogP contribution in [0.1, 0.15) is 17.0 Å². The Labute approximate surface area is 127 Å². The number of rotatable bonds is 5. The Morgan fingerprint density at radius 3 is 2.55 bits per heavy atom. The quantitative estimate of drug-likeness (QED) is 0.787. The first kappa shape index (κ1) is 14.4. The third-order valence-electron chi connectivity index (χ3n) is 3.54. The van der Waals surface area contributed by atoms with Crippen molar-refractivity contribution in [3.05, 3.63) is 77.4 Å². The van der Waals surface area contributed by atoms with Gasteiger partial charge in [-0.05, 0) is 36.6 Å². The number of nitrogens with zero attached hydrogens (tertiary/aromatic N) is 3. The van der Waals surface area contributed by atoms with Crippen molar-refractivity contribution in [1.82, 2.24) is 15.0 Å². The molecular formula is C17H16FN3O. The second-order valence-electron chi connectivity index (χ2n) is 5.02. The highest BCUT2D eigenvalue weighted by molar-refractivity contribution is 5.34. The highest BCUT2D eigenvalue weighted by Gasteiger charge is 2.14. The molecule has 1 aromatic heterocycles. The van der Waals surface area contributed by atoms with Gasteiger partial charge in [0, 0.05) is 0 Å². The molecule has 1 N–H and O–H groups in total. The molecule has 3 aromatic rings. The molecule has 4 nitrogen and oxygen atoms in total. The zero-order chi connectivity index (χ0) is 15.4. The highest BCUT2D eigenvalue weighted by Crippen LogP contribution is 2.16. The molecule has 0 saturated heterocycles. The van der Waals surface area contributed by atoms with Crippen molar-refractivity contribution in [2.75, 3.05) is 0 Å². The lowest BCUT2D eigenvalue weighted by atomic mass is 10.1. The summed E-state index contributed by atoms with van der Waals surface area (Å²) in [6.07, 6.45) is 1.47. The Morgan fingerprint density at radius 1 is 1.00 bits per heavy atom. The van der Waals surface area contributed by atoms with Crippen molar-refractivity contribution in [3.63, 3.8) is 0 Å². The topological polar surface area (TPSA) is 50.9 Å². The number of aliphatic hydroxyl groups excluding tert-OH is 1. The predicted octanol–water partition coefficient (Wildman–Crippen LogP) is 2.68. The van der Waals surface area contributed by atoms with Crippen LogP contribution in [0.5, 0.6) is 0 Å². The summed E-state index contributed by atoms with van der Waals surface area (Å²) in [6, 6.07) is 16.2. The molecule has 0 saturated carbocycles. The maximum absolute atomic E-state index is 13.4. The van der Waals surface area contributed by atoms with Gasteiger partial charge >= 0.3 is 0 Å². The number of benzene rings is 2. The van der Waals surface area contributed by atoms with Crippen LogP contribution in [0.25, 0.3) is 5.69 Å². The SMILES string of the molecule is OCc1nnn(-c2cccc(F)c2)c1CCc1ccccc1. The maximum atomic E-state index is 13.4. The van der Waals surface area contributed by atoms with Crippen molar-refractivity contribution in [3.8, 4) is 5.69 Å². The average molecular weight is 297 g/mol. The first-order valence-electron chi connectivity index (χ1n) is 7.12. The maximum Gasteiger partial charge on any atom is 0.125 e. The number of hydrogen-bond donors (Lipinski definition) is 1. The number of aryl methyl sites for hydroxylation is 1. The fourth-order valence-corrected chi connectivity index (χ4v) is 2.43. The number of aliphatic hydroxyl groups is 1. The highest BCUT2D eigenvalue weighted by atomic mass is 19.1. The van der Waals surface area contributed by atoms with Crippen molar-refractivity contribution >= 4 is 0 Å². The van der Waals surface area contributed by atoms with Gasteiger partial charge in [0.1, 0.15) is 11.5 Å². The third-order valence-corrected chi connectivity index (χ3v) is 3.54. The van der Waals surface area contributed by atoms with E-state index in [9.17, 15) is 9.50 Å². The van der Waals surface area contributed by atoms with Crippen molar-refractivity contribution in [2.45, 2.75) is 19.4 Å². The molecule has 0 amide bonds. The molecule has 2 aromatic carbocycles. The minimum Gasteiger partial charge on any atom is -0.390 e. The zero-order valence-corrected chi connectivity index (χ0v) is 12.0. The Bertz CT molecular complexity index is 756. The van der Waals surface area contributed by atoms with Crippen LogP contribution in [0.3, 0.4) is 0 Å². The van der Waals surface area contributed by atoms with Crippen LogP contribution in [-0.4, -0.2) is 20.1 Å². The molecule has 0 radical (unpaired) electrons. The number of hydrogen-bond acceptors (Lipinski definition) is 3. The van der Waals surface area contributed by atoms with E-state index in [1.807, 2.05) is 18.2 Å². The molecule has 0 aliphatic rings. The summed E-state index contributed by atoms with van der Waals surface area (Å²) in [5.74, 6) is -0.326. The molecule has 0 spiro atoms. The van der Waals surface area contributed by atoms with E-state index in [1.54, 1.807) is 16.8 Å². The van der Waals surface area contributed by atoms with Gasteiger partial charge in [-0.15, -0.1) is 5.10 Å². The van der Waals surface area contributed by atoms with E-state index < -0.39 is 0 Å². The average Bonchev–Trinajstić information content (AvgIpc) is 2.97. The first-order valence-corrected chi connectivity index (χ1v) is 7.12. The third kappa shape index (κ3) is 3.04. The molecule has 0 aliphatic carbocycles. The Hall–Kier alpha value is -2.53. The molecule has 0 bridgehead atoms. The number of aromatic nitrogens is 3. The van der Waals surface area contributed by atoms with E-state index >= 15 is 0 Å². The van der Waals surface area contributed by atoms with Crippen LogP contribution in [0, 0.1) is 5.82 Å². The fourth-order valence-electron chi connectivity index (χ4n) is 2.43. The summed E-state index contributed by atoms with van der Waals surface area (Å²) in [4.78, 5) is 0. The van der Waals surface area contributed by atoms with Gasteiger partial charge < -0.3 is 5.11 Å². The molecule has 22 heavy (non-hydrogen) atoms. The van der Waals surface area contributed by atoms with Crippen molar-refractivity contribution < 1.29 is 9.50 Å². The van der Waals surface area contributed by atoms with Gasteiger partial charge in [-0.3, -0.25) is 0 Å². The molecule has 0 aliphatic heterocycles. The van der Waals surface area contributed by atoms with Gasteiger partial charge in [0.25, 0.3) is 0 Å². The molecule has 0 fully saturated rings. The lowest BCUT2D eigenvalue weighted by Crippen LogP contribution is -2.06. The van der Waals surface area contributed by atoms with Crippen molar-refractivity contribution in [2.24, 2.45) is 0 Å². The van der Waals surface area contributed by atoms with Crippen LogP contribution in [0.2, 0.25) is 0 Å². The van der Waals surface area contributed by atoms with E-state index in [2.05, 4.69) is 22.4 Å². The van der Waals surface area contributed by atoms with Crippen LogP contribution >= 0.6 is 0 Å². The largest absolute Gasteiger partial charge is 0.390 e. The monoisotopic (exact) mass is 297 g/mol. The van der Waals surface area contributed by atoms with E-state index in [0.717, 1.165) is 12.1 Å². The van der Waals surface area contributed by atoms with E-state index in [-0.39, 0.29) is 12.4 Å². The van der Waals surface area contributed by atoms with Gasteiger partial charge in [-0.25, -0.2) is 9.07 Å². The Balaban J connectivity index is 1.90. The molecule has 0 atom stereocenters. The number of halogens is 1. The fraction of sp³-hybridized carbons (Fsp3) is 0.176. The predicted molar refractivity (Wildman–Crippen MR) is 81.1 cm³/mol. The van der Waals surface area contributed by atoms with Crippen LogP contribution < -0.4 is 0 Å². The lowest BCUT2D eigenvalue weighted by Gasteiger charge is -2.08. The minimum absolute atomic E-state index is 0.181. The summed E-state index contributed by atoms with van der Waals surface area (Å²) in [6.45, 7) is -0.181. The first-order chi connectivity index (χ1) is 10.8. The van der Waals surface area contributed by atoms with Crippen LogP contribution in [-0.2, 0) is 19.4 Å². The molecule has 112 valence electrons. The second kappa shape index (κ2) is 6.49. The van der Waals surface area contributed by atoms with Gasteiger partial charge in [0.05, 0.1) is 18.0 Å². The molecule has 1 heterocycles. The Kier molecular flexibility index (Phi) is 4.25. The van der Waals surface area contributed by atoms with Gasteiger partial charge in [-0.2, -0.15) is 0 Å². The Morgan fingerprint density at radius 2 is 1.82 bits per heavy atom. The zero-order valence-electron chi connectivity index (χ0n) is 12.0. The van der Waals surface area contributed by atoms with Crippen LogP contribution in [0.15, 0.2) is 54.6 Å². The smallest absolute Gasteiger partial charge is 0.125 e. The van der Waals surface area contributed by atoms with Gasteiger partial charge in [0.15, 0.2) is 0 Å². The molecule has 3 rings (SSSR count). The lowest BCUT2D eigenvalue weighted by molar-refractivity contribution is 0.275. The summed E-state index contributed by atoms with van der Waals surface area (Å²) in [7, 11) is 0. The standard InChI is InChI=1S/C17H16FN3O/c18-14-7-4-8-15(11-14)21-17(16(12-22)19-20-21)10-9-13-5-2-1-3-6-13/h1-8,11,22H,9-10,12H2. The molecular weight excluding hydrogens is 281 g/mol. The normalized spacial score (nSPS) is 10.8. The van der Waals surface area contributed by atoms with Crippen molar-refractivity contribution in [1.29, 1.82) is 0 Å². The van der Waals surface area contributed by atoms with E-state index in [4.69, 9.17) is 0 Å². The summed E-state index contributed by atoms with van der Waals surface area (Å²) < 4.78 is 15.0. The minimum atomic E-state index is -0.326. The van der Waals surface area contributed by atoms with E-state index in [1.165, 1.54) is 17.7 Å². The summed E-state index contributed by atoms with van der Waals surface area (Å²) in [5.41, 5.74) is 3.13. The summed E-state index contributed by atoms with van der Waals surface area (Å²) in [5, 5.41) is 17.5.